The summed E-state index contributed by atoms with van der Waals surface area (Å²) in [5.41, 5.74) is 2.50. The fraction of sp³-hybridized carbons (Fsp3) is 0.750. The van der Waals surface area contributed by atoms with E-state index in [9.17, 15) is 0 Å². The summed E-state index contributed by atoms with van der Waals surface area (Å²) in [6, 6.07) is 0. The number of aromatic nitrogens is 3. The maximum absolute atomic E-state index is 9.06. The molecule has 112 valence electrons. The third kappa shape index (κ3) is 4.19. The summed E-state index contributed by atoms with van der Waals surface area (Å²) >= 11 is 1.52. The van der Waals surface area contributed by atoms with E-state index >= 15 is 0 Å². The Morgan fingerprint density at radius 2 is 2.05 bits per heavy atom. The van der Waals surface area contributed by atoms with Crippen molar-refractivity contribution in [1.29, 1.82) is 0 Å². The number of hydrazine groups is 1. The molecule has 1 aliphatic heterocycles. The second-order valence-electron chi connectivity index (χ2n) is 5.03. The van der Waals surface area contributed by atoms with E-state index in [0.717, 1.165) is 18.8 Å². The summed E-state index contributed by atoms with van der Waals surface area (Å²) in [5.74, 6) is 7.48. The molecule has 0 spiro atoms. The fourth-order valence-electron chi connectivity index (χ4n) is 1.98. The molecular weight excluding hydrogens is 276 g/mol. The first-order chi connectivity index (χ1) is 9.72. The zero-order chi connectivity index (χ0) is 14.4. The van der Waals surface area contributed by atoms with Crippen molar-refractivity contribution >= 4 is 23.7 Å². The molecule has 0 bridgehead atoms. The van der Waals surface area contributed by atoms with E-state index in [-0.39, 0.29) is 12.5 Å². The van der Waals surface area contributed by atoms with Gasteiger partial charge in [-0.3, -0.25) is 5.43 Å². The van der Waals surface area contributed by atoms with Gasteiger partial charge in [-0.1, -0.05) is 18.7 Å². The first kappa shape index (κ1) is 15.3. The number of aliphatic hydroxyl groups is 1. The van der Waals surface area contributed by atoms with E-state index in [2.05, 4.69) is 25.3 Å². The Labute approximate surface area is 123 Å². The minimum absolute atomic E-state index is 0.166. The van der Waals surface area contributed by atoms with Crippen LogP contribution in [-0.2, 0) is 0 Å². The maximum atomic E-state index is 9.06. The molecule has 0 aromatic carbocycles. The van der Waals surface area contributed by atoms with E-state index in [4.69, 9.17) is 10.9 Å². The van der Waals surface area contributed by atoms with Crippen molar-refractivity contribution in [3.05, 3.63) is 0 Å². The molecule has 4 N–H and O–H groups in total. The molecule has 0 saturated carbocycles. The molecule has 0 aliphatic carbocycles. The van der Waals surface area contributed by atoms with Gasteiger partial charge in [0, 0.05) is 25.4 Å². The lowest BCUT2D eigenvalue weighted by molar-refractivity contribution is 0.250. The Morgan fingerprint density at radius 1 is 1.30 bits per heavy atom. The number of thioether (sulfide) groups is 1. The van der Waals surface area contributed by atoms with Crippen LogP contribution in [0.25, 0.3) is 0 Å². The SMILES string of the molecule is CC(CO)CSc1nc(NN)nc(N2CCCCC2)n1. The summed E-state index contributed by atoms with van der Waals surface area (Å²) in [4.78, 5) is 15.2. The Balaban J connectivity index is 2.10. The lowest BCUT2D eigenvalue weighted by atomic mass is 10.1. The van der Waals surface area contributed by atoms with Crippen molar-refractivity contribution in [3.8, 4) is 0 Å². The van der Waals surface area contributed by atoms with Gasteiger partial charge in [0.1, 0.15) is 0 Å². The van der Waals surface area contributed by atoms with E-state index in [0.29, 0.717) is 17.1 Å². The quantitative estimate of drug-likeness (QED) is 0.404. The molecule has 1 atom stereocenters. The van der Waals surface area contributed by atoms with Crippen LogP contribution in [0.15, 0.2) is 5.16 Å². The van der Waals surface area contributed by atoms with Crippen molar-refractivity contribution in [2.75, 3.05) is 35.8 Å². The van der Waals surface area contributed by atoms with Gasteiger partial charge in [0.25, 0.3) is 0 Å². The van der Waals surface area contributed by atoms with Gasteiger partial charge in [-0.05, 0) is 25.2 Å². The number of rotatable bonds is 6. The molecular formula is C12H22N6OS. The lowest BCUT2D eigenvalue weighted by Crippen LogP contribution is -2.31. The van der Waals surface area contributed by atoms with Gasteiger partial charge in [0.2, 0.25) is 11.9 Å². The predicted octanol–water partition coefficient (Wildman–Crippen LogP) is 0.868. The highest BCUT2D eigenvalue weighted by Gasteiger charge is 2.16. The van der Waals surface area contributed by atoms with Crippen LogP contribution in [0.2, 0.25) is 0 Å². The van der Waals surface area contributed by atoms with Gasteiger partial charge >= 0.3 is 0 Å². The van der Waals surface area contributed by atoms with Gasteiger partial charge in [0.15, 0.2) is 5.16 Å². The largest absolute Gasteiger partial charge is 0.396 e. The molecule has 1 aliphatic rings. The number of hydrogen-bond donors (Lipinski definition) is 3. The second kappa shape index (κ2) is 7.61. The number of nitrogens with one attached hydrogen (secondary N) is 1. The Hall–Kier alpha value is -1.12. The predicted molar refractivity (Wildman–Crippen MR) is 80.7 cm³/mol. The van der Waals surface area contributed by atoms with Gasteiger partial charge < -0.3 is 10.0 Å². The highest BCUT2D eigenvalue weighted by atomic mass is 32.2. The molecule has 8 heteroatoms. The normalized spacial score (nSPS) is 17.1. The number of anilines is 2. The summed E-state index contributed by atoms with van der Waals surface area (Å²) in [6.45, 7) is 4.11. The average Bonchev–Trinajstić information content (AvgIpc) is 2.53. The third-order valence-corrected chi connectivity index (χ3v) is 4.36. The van der Waals surface area contributed by atoms with E-state index in [1.54, 1.807) is 0 Å². The number of hydrogen-bond acceptors (Lipinski definition) is 8. The van der Waals surface area contributed by atoms with Crippen molar-refractivity contribution in [2.24, 2.45) is 11.8 Å². The minimum Gasteiger partial charge on any atom is -0.396 e. The lowest BCUT2D eigenvalue weighted by Gasteiger charge is -2.26. The Morgan fingerprint density at radius 3 is 2.70 bits per heavy atom. The molecule has 1 aromatic rings. The van der Waals surface area contributed by atoms with Crippen LogP contribution in [0.4, 0.5) is 11.9 Å². The number of nitrogens with zero attached hydrogens (tertiary/aromatic N) is 4. The van der Waals surface area contributed by atoms with Gasteiger partial charge in [-0.15, -0.1) is 0 Å². The molecule has 1 unspecified atom stereocenters. The molecule has 1 aromatic heterocycles. The molecule has 0 amide bonds. The fourth-order valence-corrected chi connectivity index (χ4v) is 2.82. The summed E-state index contributed by atoms with van der Waals surface area (Å²) in [6.07, 6.45) is 3.60. The number of nitrogen functional groups attached to an aromatic ring is 1. The molecule has 0 radical (unpaired) electrons. The van der Waals surface area contributed by atoms with Crippen LogP contribution < -0.4 is 16.2 Å². The van der Waals surface area contributed by atoms with E-state index < -0.39 is 0 Å². The maximum Gasteiger partial charge on any atom is 0.242 e. The minimum atomic E-state index is 0.166. The van der Waals surface area contributed by atoms with Crippen LogP contribution in [0.5, 0.6) is 0 Å². The topological polar surface area (TPSA) is 100 Å². The molecule has 2 rings (SSSR count). The van der Waals surface area contributed by atoms with Gasteiger partial charge in [0.05, 0.1) is 0 Å². The molecule has 1 fully saturated rings. The Bertz CT molecular complexity index is 426. The third-order valence-electron chi connectivity index (χ3n) is 3.18. The zero-order valence-electron chi connectivity index (χ0n) is 11.7. The van der Waals surface area contributed by atoms with Crippen molar-refractivity contribution < 1.29 is 5.11 Å². The summed E-state index contributed by atoms with van der Waals surface area (Å²) in [7, 11) is 0. The average molecular weight is 298 g/mol. The molecule has 2 heterocycles. The van der Waals surface area contributed by atoms with Crippen molar-refractivity contribution in [2.45, 2.75) is 31.3 Å². The first-order valence-electron chi connectivity index (χ1n) is 6.94. The highest BCUT2D eigenvalue weighted by Crippen LogP contribution is 2.22. The zero-order valence-corrected chi connectivity index (χ0v) is 12.6. The standard InChI is InChI=1S/C12H22N6OS/c1-9(7-19)8-20-12-15-10(17-13)14-11(16-12)18-5-3-2-4-6-18/h9,19H,2-8,13H2,1H3,(H,14,15,16,17). The van der Waals surface area contributed by atoms with Crippen LogP contribution in [0.1, 0.15) is 26.2 Å². The van der Waals surface area contributed by atoms with Crippen LogP contribution in [0.3, 0.4) is 0 Å². The van der Waals surface area contributed by atoms with Crippen molar-refractivity contribution in [3.63, 3.8) is 0 Å². The second-order valence-corrected chi connectivity index (χ2v) is 6.02. The summed E-state index contributed by atoms with van der Waals surface area (Å²) < 4.78 is 0. The smallest absolute Gasteiger partial charge is 0.242 e. The Kier molecular flexibility index (Phi) is 5.81. The first-order valence-corrected chi connectivity index (χ1v) is 7.92. The van der Waals surface area contributed by atoms with Crippen LogP contribution >= 0.6 is 11.8 Å². The number of piperidine rings is 1. The molecule has 7 nitrogen and oxygen atoms in total. The monoisotopic (exact) mass is 298 g/mol. The van der Waals surface area contributed by atoms with Crippen molar-refractivity contribution in [1.82, 2.24) is 15.0 Å². The van der Waals surface area contributed by atoms with Crippen LogP contribution in [0, 0.1) is 5.92 Å². The number of aliphatic hydroxyl groups excluding tert-OH is 1. The molecule has 1 saturated heterocycles. The summed E-state index contributed by atoms with van der Waals surface area (Å²) in [5, 5.41) is 9.71. The number of nitrogens with two attached hydrogens (primary N) is 1. The van der Waals surface area contributed by atoms with Crippen LogP contribution in [-0.4, -0.2) is 45.5 Å². The molecule has 20 heavy (non-hydrogen) atoms. The highest BCUT2D eigenvalue weighted by molar-refractivity contribution is 7.99. The van der Waals surface area contributed by atoms with Gasteiger partial charge in [-0.25, -0.2) is 5.84 Å². The van der Waals surface area contributed by atoms with E-state index in [1.807, 2.05) is 6.92 Å². The van der Waals surface area contributed by atoms with E-state index in [1.165, 1.54) is 31.0 Å². The van der Waals surface area contributed by atoms with Gasteiger partial charge in [-0.2, -0.15) is 15.0 Å².